The molecule has 110 valence electrons. The third kappa shape index (κ3) is 4.41. The minimum atomic E-state index is -0.321. The third-order valence-electron chi connectivity index (χ3n) is 3.24. The Morgan fingerprint density at radius 3 is 1.90 bits per heavy atom. The number of carbonyl (C=O) groups is 1. The van der Waals surface area contributed by atoms with Crippen molar-refractivity contribution in [1.29, 1.82) is 0 Å². The van der Waals surface area contributed by atoms with Crippen molar-refractivity contribution in [3.63, 3.8) is 0 Å². The van der Waals surface area contributed by atoms with E-state index in [0.717, 1.165) is 24.2 Å². The van der Waals surface area contributed by atoms with Gasteiger partial charge >= 0.3 is 5.97 Å². The number of hydrogen-bond acceptors (Lipinski definition) is 4. The van der Waals surface area contributed by atoms with Gasteiger partial charge in [-0.1, -0.05) is 36.4 Å². The van der Waals surface area contributed by atoms with Crippen LogP contribution >= 0.6 is 0 Å². The summed E-state index contributed by atoms with van der Waals surface area (Å²) in [5.41, 5.74) is 3.74. The average Bonchev–Trinajstić information content (AvgIpc) is 2.55. The Labute approximate surface area is 124 Å². The summed E-state index contributed by atoms with van der Waals surface area (Å²) in [6, 6.07) is 15.2. The van der Waals surface area contributed by atoms with Gasteiger partial charge in [-0.05, 0) is 28.8 Å². The van der Waals surface area contributed by atoms with E-state index in [0.29, 0.717) is 5.56 Å². The second-order valence-electron chi connectivity index (χ2n) is 4.77. The molecule has 0 aliphatic heterocycles. The highest BCUT2D eigenvalue weighted by Crippen LogP contribution is 2.07. The SMILES string of the molecule is COC(=O)c1ccc(CNCc2ccc(CO)cc2)cc1. The van der Waals surface area contributed by atoms with Crippen LogP contribution in [-0.4, -0.2) is 18.2 Å². The molecule has 0 heterocycles. The lowest BCUT2D eigenvalue weighted by Gasteiger charge is -2.06. The molecular formula is C17H19NO3. The van der Waals surface area contributed by atoms with E-state index in [4.69, 9.17) is 5.11 Å². The molecule has 0 amide bonds. The molecule has 0 unspecified atom stereocenters. The number of benzene rings is 2. The molecule has 2 aromatic rings. The van der Waals surface area contributed by atoms with Crippen LogP contribution in [0, 0.1) is 0 Å². The minimum absolute atomic E-state index is 0.0697. The maximum atomic E-state index is 11.3. The maximum Gasteiger partial charge on any atom is 0.337 e. The first-order chi connectivity index (χ1) is 10.2. The van der Waals surface area contributed by atoms with Crippen LogP contribution in [0.3, 0.4) is 0 Å². The Kier molecular flexibility index (Phi) is 5.49. The van der Waals surface area contributed by atoms with Crippen LogP contribution in [0.5, 0.6) is 0 Å². The highest BCUT2D eigenvalue weighted by molar-refractivity contribution is 5.89. The summed E-state index contributed by atoms with van der Waals surface area (Å²) in [6.07, 6.45) is 0. The number of aliphatic hydroxyl groups excluding tert-OH is 1. The summed E-state index contributed by atoms with van der Waals surface area (Å²) in [5.74, 6) is -0.321. The highest BCUT2D eigenvalue weighted by Gasteiger charge is 2.04. The minimum Gasteiger partial charge on any atom is -0.465 e. The Bertz CT molecular complexity index is 576. The molecule has 2 rings (SSSR count). The fourth-order valence-corrected chi connectivity index (χ4v) is 1.99. The average molecular weight is 285 g/mol. The maximum absolute atomic E-state index is 11.3. The second-order valence-corrected chi connectivity index (χ2v) is 4.77. The van der Waals surface area contributed by atoms with Gasteiger partial charge in [-0.3, -0.25) is 0 Å². The topological polar surface area (TPSA) is 58.6 Å². The number of esters is 1. The van der Waals surface area contributed by atoms with E-state index in [9.17, 15) is 4.79 Å². The molecule has 0 fully saturated rings. The van der Waals surface area contributed by atoms with Crippen LogP contribution in [0.15, 0.2) is 48.5 Å². The van der Waals surface area contributed by atoms with Gasteiger partial charge < -0.3 is 15.2 Å². The van der Waals surface area contributed by atoms with Crippen LogP contribution in [0.2, 0.25) is 0 Å². The Morgan fingerprint density at radius 2 is 1.43 bits per heavy atom. The lowest BCUT2D eigenvalue weighted by Crippen LogP contribution is -2.12. The van der Waals surface area contributed by atoms with Crippen LogP contribution in [0.4, 0.5) is 0 Å². The Balaban J connectivity index is 1.83. The number of carbonyl (C=O) groups excluding carboxylic acids is 1. The summed E-state index contributed by atoms with van der Waals surface area (Å²) in [6.45, 7) is 1.55. The molecule has 0 aliphatic carbocycles. The predicted octanol–water partition coefficient (Wildman–Crippen LogP) is 2.26. The highest BCUT2D eigenvalue weighted by atomic mass is 16.5. The monoisotopic (exact) mass is 285 g/mol. The lowest BCUT2D eigenvalue weighted by atomic mass is 10.1. The van der Waals surface area contributed by atoms with Crippen molar-refractivity contribution in [3.05, 3.63) is 70.8 Å². The van der Waals surface area contributed by atoms with Gasteiger partial charge in [-0.15, -0.1) is 0 Å². The number of nitrogens with one attached hydrogen (secondary N) is 1. The molecule has 0 aliphatic rings. The van der Waals surface area contributed by atoms with Crippen molar-refractivity contribution in [2.75, 3.05) is 7.11 Å². The van der Waals surface area contributed by atoms with Crippen molar-refractivity contribution < 1.29 is 14.6 Å². The first kappa shape index (κ1) is 15.2. The number of ether oxygens (including phenoxy) is 1. The van der Waals surface area contributed by atoms with Crippen LogP contribution in [-0.2, 0) is 24.4 Å². The fourth-order valence-electron chi connectivity index (χ4n) is 1.99. The van der Waals surface area contributed by atoms with Crippen molar-refractivity contribution >= 4 is 5.97 Å². The molecule has 2 aromatic carbocycles. The van der Waals surface area contributed by atoms with E-state index in [1.54, 1.807) is 12.1 Å². The fraction of sp³-hybridized carbons (Fsp3) is 0.235. The first-order valence-electron chi connectivity index (χ1n) is 6.79. The van der Waals surface area contributed by atoms with Gasteiger partial charge in [-0.2, -0.15) is 0 Å². The molecule has 2 N–H and O–H groups in total. The standard InChI is InChI=1S/C17H19NO3/c1-21-17(20)16-8-6-14(7-9-16)11-18-10-13-2-4-15(12-19)5-3-13/h2-9,18-19H,10-12H2,1H3. The number of rotatable bonds is 6. The quantitative estimate of drug-likeness (QED) is 0.799. The van der Waals surface area contributed by atoms with E-state index >= 15 is 0 Å². The normalized spacial score (nSPS) is 10.4. The van der Waals surface area contributed by atoms with E-state index in [1.807, 2.05) is 36.4 Å². The molecule has 0 spiro atoms. The zero-order chi connectivity index (χ0) is 15.1. The van der Waals surface area contributed by atoms with E-state index in [-0.39, 0.29) is 12.6 Å². The van der Waals surface area contributed by atoms with E-state index < -0.39 is 0 Å². The smallest absolute Gasteiger partial charge is 0.337 e. The number of hydrogen-bond donors (Lipinski definition) is 2. The van der Waals surface area contributed by atoms with Crippen LogP contribution < -0.4 is 5.32 Å². The van der Waals surface area contributed by atoms with Crippen molar-refractivity contribution in [3.8, 4) is 0 Å². The van der Waals surface area contributed by atoms with Gasteiger partial charge in [0.2, 0.25) is 0 Å². The molecule has 4 nitrogen and oxygen atoms in total. The van der Waals surface area contributed by atoms with Crippen LogP contribution in [0.25, 0.3) is 0 Å². The van der Waals surface area contributed by atoms with Crippen LogP contribution in [0.1, 0.15) is 27.0 Å². The zero-order valence-electron chi connectivity index (χ0n) is 12.0. The molecule has 0 radical (unpaired) electrons. The van der Waals surface area contributed by atoms with Gasteiger partial charge in [0.25, 0.3) is 0 Å². The van der Waals surface area contributed by atoms with Gasteiger partial charge in [0.1, 0.15) is 0 Å². The summed E-state index contributed by atoms with van der Waals surface area (Å²) >= 11 is 0. The molecule has 0 bridgehead atoms. The zero-order valence-corrected chi connectivity index (χ0v) is 12.0. The third-order valence-corrected chi connectivity index (χ3v) is 3.24. The van der Waals surface area contributed by atoms with Gasteiger partial charge in [0, 0.05) is 13.1 Å². The molecular weight excluding hydrogens is 266 g/mol. The van der Waals surface area contributed by atoms with E-state index in [2.05, 4.69) is 10.1 Å². The predicted molar refractivity (Wildman–Crippen MR) is 80.7 cm³/mol. The summed E-state index contributed by atoms with van der Waals surface area (Å²) in [5, 5.41) is 12.3. The molecule has 0 saturated heterocycles. The van der Waals surface area contributed by atoms with Gasteiger partial charge in [-0.25, -0.2) is 4.79 Å². The molecule has 4 heteroatoms. The Morgan fingerprint density at radius 1 is 0.952 bits per heavy atom. The molecule has 21 heavy (non-hydrogen) atoms. The largest absolute Gasteiger partial charge is 0.465 e. The van der Waals surface area contributed by atoms with Gasteiger partial charge in [0.05, 0.1) is 19.3 Å². The van der Waals surface area contributed by atoms with Crippen molar-refractivity contribution in [1.82, 2.24) is 5.32 Å². The Hall–Kier alpha value is -2.17. The molecule has 0 atom stereocenters. The number of methoxy groups -OCH3 is 1. The van der Waals surface area contributed by atoms with E-state index in [1.165, 1.54) is 12.7 Å². The summed E-state index contributed by atoms with van der Waals surface area (Å²) < 4.78 is 4.66. The van der Waals surface area contributed by atoms with Gasteiger partial charge in [0.15, 0.2) is 0 Å². The first-order valence-corrected chi connectivity index (χ1v) is 6.79. The summed E-state index contributed by atoms with van der Waals surface area (Å²) in [7, 11) is 1.37. The second kappa shape index (κ2) is 7.57. The number of aliphatic hydroxyl groups is 1. The summed E-state index contributed by atoms with van der Waals surface area (Å²) in [4.78, 5) is 11.3. The van der Waals surface area contributed by atoms with Crippen molar-refractivity contribution in [2.24, 2.45) is 0 Å². The molecule has 0 aromatic heterocycles. The lowest BCUT2D eigenvalue weighted by molar-refractivity contribution is 0.0600. The molecule has 0 saturated carbocycles. The van der Waals surface area contributed by atoms with Crippen molar-refractivity contribution in [2.45, 2.75) is 19.7 Å².